The van der Waals surface area contributed by atoms with Gasteiger partial charge >= 0.3 is 0 Å². The highest BCUT2D eigenvalue weighted by Gasteiger charge is 2.24. The monoisotopic (exact) mass is 644 g/mol. The number of amides is 2. The number of rotatable bonds is 9. The Morgan fingerprint density at radius 3 is 2.51 bits per heavy atom. The van der Waals surface area contributed by atoms with Gasteiger partial charge < -0.3 is 24.5 Å². The van der Waals surface area contributed by atoms with E-state index in [0.717, 1.165) is 40.9 Å². The summed E-state index contributed by atoms with van der Waals surface area (Å²) in [6.07, 6.45) is 3.88. The van der Waals surface area contributed by atoms with E-state index in [4.69, 9.17) is 9.15 Å². The zero-order valence-corrected chi connectivity index (χ0v) is 25.3. The first-order valence-corrected chi connectivity index (χ1v) is 15.2. The van der Waals surface area contributed by atoms with Gasteiger partial charge in [0, 0.05) is 54.9 Å². The predicted octanol–water partition coefficient (Wildman–Crippen LogP) is 4.36. The van der Waals surface area contributed by atoms with E-state index < -0.39 is 6.10 Å². The van der Waals surface area contributed by atoms with Crippen LogP contribution in [-0.2, 0) is 32.5 Å². The molecule has 2 aliphatic heterocycles. The molecule has 0 aliphatic carbocycles. The Bertz CT molecular complexity index is 1590. The molecule has 6 rings (SSSR count). The minimum Gasteiger partial charge on any atom is -0.486 e. The standard InChI is InChI=1S/C33H33BrN4O5/c34-28-6-3-22(4-7-28)33(41)38-12-10-23-13-25(1-2-27(23)18-38)32(40)36-15-29(39)19-37-11-9-24-14-30(8-5-26(24)17-37)42-20-31-16-35-21-43-31/h1-8,13-14,16,21,29,39H,9-12,15,17-20H2,(H,36,40). The van der Waals surface area contributed by atoms with Gasteiger partial charge in [0.2, 0.25) is 0 Å². The van der Waals surface area contributed by atoms with Crippen LogP contribution in [0.25, 0.3) is 0 Å². The van der Waals surface area contributed by atoms with Crippen LogP contribution < -0.4 is 10.1 Å². The highest BCUT2D eigenvalue weighted by molar-refractivity contribution is 9.10. The zero-order chi connectivity index (χ0) is 29.8. The van der Waals surface area contributed by atoms with Gasteiger partial charge in [-0.1, -0.05) is 28.1 Å². The van der Waals surface area contributed by atoms with E-state index in [1.54, 1.807) is 12.3 Å². The smallest absolute Gasteiger partial charge is 0.254 e. The molecular formula is C33H33BrN4O5. The second-order valence-electron chi connectivity index (χ2n) is 11.0. The average Bonchev–Trinajstić information content (AvgIpc) is 3.56. The van der Waals surface area contributed by atoms with Crippen LogP contribution in [0.15, 0.2) is 82.1 Å². The van der Waals surface area contributed by atoms with Crippen LogP contribution in [0.3, 0.4) is 0 Å². The molecule has 1 aromatic heterocycles. The summed E-state index contributed by atoms with van der Waals surface area (Å²) in [5.41, 5.74) is 5.79. The van der Waals surface area contributed by atoms with Crippen LogP contribution >= 0.6 is 15.9 Å². The maximum absolute atomic E-state index is 12.9. The number of fused-ring (bicyclic) bond motifs is 2. The van der Waals surface area contributed by atoms with Gasteiger partial charge in [0.15, 0.2) is 12.2 Å². The molecule has 3 heterocycles. The minimum atomic E-state index is -0.689. The molecule has 2 amide bonds. The third kappa shape index (κ3) is 7.15. The quantitative estimate of drug-likeness (QED) is 0.279. The van der Waals surface area contributed by atoms with Gasteiger partial charge in [-0.15, -0.1) is 0 Å². The number of oxazole rings is 1. The molecule has 0 spiro atoms. The number of β-amino-alcohol motifs (C(OH)–C–C–N with tert-alkyl or cyclic N) is 1. The van der Waals surface area contributed by atoms with Crippen LogP contribution in [-0.4, -0.2) is 64.0 Å². The number of benzene rings is 3. The highest BCUT2D eigenvalue weighted by atomic mass is 79.9. The number of hydrogen-bond acceptors (Lipinski definition) is 7. The number of aromatic nitrogens is 1. The van der Waals surface area contributed by atoms with Crippen LogP contribution in [0.4, 0.5) is 0 Å². The van der Waals surface area contributed by atoms with E-state index >= 15 is 0 Å². The molecule has 9 nitrogen and oxygen atoms in total. The molecule has 1 unspecified atom stereocenters. The molecule has 0 bridgehead atoms. The van der Waals surface area contributed by atoms with Gasteiger partial charge in [0.05, 0.1) is 12.3 Å². The van der Waals surface area contributed by atoms with Gasteiger partial charge in [0.25, 0.3) is 11.8 Å². The van der Waals surface area contributed by atoms with Crippen molar-refractivity contribution in [2.45, 2.75) is 38.6 Å². The fourth-order valence-electron chi connectivity index (χ4n) is 5.62. The number of carbonyl (C=O) groups excluding carboxylic acids is 2. The molecule has 3 aromatic carbocycles. The molecule has 2 aliphatic rings. The maximum atomic E-state index is 12.9. The Kier molecular flexibility index (Phi) is 8.87. The number of halogens is 1. The topological polar surface area (TPSA) is 108 Å². The van der Waals surface area contributed by atoms with Crippen molar-refractivity contribution in [3.05, 3.63) is 117 Å². The summed E-state index contributed by atoms with van der Waals surface area (Å²) in [6, 6.07) is 19.1. The molecule has 43 heavy (non-hydrogen) atoms. The molecule has 10 heteroatoms. The van der Waals surface area contributed by atoms with E-state index in [-0.39, 0.29) is 18.4 Å². The number of nitrogens with zero attached hydrogens (tertiary/aromatic N) is 3. The molecule has 0 saturated carbocycles. The number of aliphatic hydroxyl groups excluding tert-OH is 1. The first-order valence-electron chi connectivity index (χ1n) is 14.4. The van der Waals surface area contributed by atoms with Crippen LogP contribution in [0.5, 0.6) is 5.75 Å². The zero-order valence-electron chi connectivity index (χ0n) is 23.7. The summed E-state index contributed by atoms with van der Waals surface area (Å²) in [5, 5.41) is 13.6. The van der Waals surface area contributed by atoms with Crippen LogP contribution in [0, 0.1) is 0 Å². The summed E-state index contributed by atoms with van der Waals surface area (Å²) < 4.78 is 12.0. The first kappa shape index (κ1) is 29.1. The predicted molar refractivity (Wildman–Crippen MR) is 164 cm³/mol. The SMILES string of the molecule is O=C(NCC(O)CN1CCc2cc(OCc3cnco3)ccc2C1)c1ccc2c(c1)CCN(C(=O)c1ccc(Br)cc1)C2. The Morgan fingerprint density at radius 1 is 0.953 bits per heavy atom. The number of aliphatic hydroxyl groups is 1. The third-order valence-electron chi connectivity index (χ3n) is 7.96. The lowest BCUT2D eigenvalue weighted by Crippen LogP contribution is -2.42. The summed E-state index contributed by atoms with van der Waals surface area (Å²) in [4.78, 5) is 33.8. The Morgan fingerprint density at radius 2 is 1.70 bits per heavy atom. The number of hydrogen-bond donors (Lipinski definition) is 2. The van der Waals surface area contributed by atoms with Crippen LogP contribution in [0.2, 0.25) is 0 Å². The molecular weight excluding hydrogens is 612 g/mol. The van der Waals surface area contributed by atoms with Gasteiger partial charge in [0.1, 0.15) is 12.4 Å². The fraction of sp³-hybridized carbons (Fsp3) is 0.303. The lowest BCUT2D eigenvalue weighted by Gasteiger charge is -2.30. The Hall–Kier alpha value is -3.99. The van der Waals surface area contributed by atoms with Gasteiger partial charge in [-0.3, -0.25) is 14.5 Å². The molecule has 2 N–H and O–H groups in total. The molecule has 4 aromatic rings. The summed E-state index contributed by atoms with van der Waals surface area (Å²) in [7, 11) is 0. The van der Waals surface area contributed by atoms with Crippen LogP contribution in [0.1, 0.15) is 48.7 Å². The maximum Gasteiger partial charge on any atom is 0.254 e. The lowest BCUT2D eigenvalue weighted by molar-refractivity contribution is 0.0734. The van der Waals surface area contributed by atoms with Crippen molar-refractivity contribution >= 4 is 27.7 Å². The third-order valence-corrected chi connectivity index (χ3v) is 8.49. The minimum absolute atomic E-state index is 0.00369. The normalized spacial score (nSPS) is 15.3. The van der Waals surface area contributed by atoms with Crippen molar-refractivity contribution in [3.8, 4) is 5.75 Å². The molecule has 222 valence electrons. The van der Waals surface area contributed by atoms with Crippen molar-refractivity contribution in [2.24, 2.45) is 0 Å². The van der Waals surface area contributed by atoms with E-state index in [1.807, 2.05) is 47.4 Å². The summed E-state index contributed by atoms with van der Waals surface area (Å²) >= 11 is 3.41. The van der Waals surface area contributed by atoms with Crippen molar-refractivity contribution < 1.29 is 23.8 Å². The van der Waals surface area contributed by atoms with Crippen molar-refractivity contribution in [1.82, 2.24) is 20.1 Å². The Labute approximate surface area is 258 Å². The number of nitrogens with one attached hydrogen (secondary N) is 1. The van der Waals surface area contributed by atoms with E-state index in [9.17, 15) is 14.7 Å². The molecule has 0 fully saturated rings. The lowest BCUT2D eigenvalue weighted by atomic mass is 9.96. The van der Waals surface area contributed by atoms with Crippen molar-refractivity contribution in [3.63, 3.8) is 0 Å². The molecule has 0 radical (unpaired) electrons. The molecule has 1 atom stereocenters. The highest BCUT2D eigenvalue weighted by Crippen LogP contribution is 2.25. The van der Waals surface area contributed by atoms with E-state index in [0.29, 0.717) is 49.5 Å². The summed E-state index contributed by atoms with van der Waals surface area (Å²) in [6.45, 7) is 3.63. The second-order valence-corrected chi connectivity index (χ2v) is 11.9. The first-order chi connectivity index (χ1) is 20.9. The number of ether oxygens (including phenoxy) is 1. The second kappa shape index (κ2) is 13.1. The van der Waals surface area contributed by atoms with Gasteiger partial charge in [-0.25, -0.2) is 4.98 Å². The fourth-order valence-corrected chi connectivity index (χ4v) is 5.88. The summed E-state index contributed by atoms with van der Waals surface area (Å²) in [5.74, 6) is 1.26. The largest absolute Gasteiger partial charge is 0.486 e. The number of carbonyl (C=O) groups is 2. The van der Waals surface area contributed by atoms with Crippen molar-refractivity contribution in [2.75, 3.05) is 26.2 Å². The van der Waals surface area contributed by atoms with Gasteiger partial charge in [-0.2, -0.15) is 0 Å². The Balaban J connectivity index is 0.967. The average molecular weight is 646 g/mol. The van der Waals surface area contributed by atoms with E-state index in [1.165, 1.54) is 17.5 Å². The molecule has 0 saturated heterocycles. The van der Waals surface area contributed by atoms with Crippen molar-refractivity contribution in [1.29, 1.82) is 0 Å². The van der Waals surface area contributed by atoms with E-state index in [2.05, 4.69) is 43.3 Å². The van der Waals surface area contributed by atoms with Gasteiger partial charge in [-0.05, 0) is 83.6 Å².